The van der Waals surface area contributed by atoms with Crippen molar-refractivity contribution < 1.29 is 14.3 Å². The summed E-state index contributed by atoms with van der Waals surface area (Å²) in [5.74, 6) is -0.0238. The van der Waals surface area contributed by atoms with E-state index in [4.69, 9.17) is 4.74 Å². The van der Waals surface area contributed by atoms with Crippen molar-refractivity contribution >= 4 is 23.5 Å². The summed E-state index contributed by atoms with van der Waals surface area (Å²) in [6, 6.07) is 3.36. The van der Waals surface area contributed by atoms with Crippen LogP contribution in [0.2, 0.25) is 0 Å². The molecule has 0 aromatic carbocycles. The number of carbonyl (C=O) groups is 2. The molecule has 0 unspecified atom stereocenters. The number of nitrogens with zero attached hydrogens (tertiary/aromatic N) is 3. The number of carbonyl (C=O) groups excluding carboxylic acids is 2. The lowest BCUT2D eigenvalue weighted by atomic mass is 10.2. The van der Waals surface area contributed by atoms with Gasteiger partial charge in [0.15, 0.2) is 11.5 Å². The van der Waals surface area contributed by atoms with Crippen molar-refractivity contribution in [3.63, 3.8) is 0 Å². The summed E-state index contributed by atoms with van der Waals surface area (Å²) in [6.45, 7) is 5.04. The van der Waals surface area contributed by atoms with Crippen LogP contribution in [0.3, 0.4) is 0 Å². The molecule has 0 bridgehead atoms. The summed E-state index contributed by atoms with van der Waals surface area (Å²) >= 11 is 0. The van der Waals surface area contributed by atoms with Crippen molar-refractivity contribution in [1.82, 2.24) is 19.9 Å². The van der Waals surface area contributed by atoms with Crippen LogP contribution in [0.15, 0.2) is 24.5 Å². The van der Waals surface area contributed by atoms with Gasteiger partial charge in [-0.05, 0) is 32.9 Å². The van der Waals surface area contributed by atoms with Crippen LogP contribution >= 0.6 is 0 Å². The Morgan fingerprint density at radius 2 is 2.10 bits per heavy atom. The van der Waals surface area contributed by atoms with Crippen molar-refractivity contribution in [2.45, 2.75) is 26.4 Å². The predicted octanol–water partition coefficient (Wildman–Crippen LogP) is 1.19. The molecule has 0 aliphatic carbocycles. The second-order valence-corrected chi connectivity index (χ2v) is 5.35. The molecule has 0 atom stereocenters. The molecular formula is C13H17N5O3. The first-order valence-electron chi connectivity index (χ1n) is 6.40. The fourth-order valence-electron chi connectivity index (χ4n) is 1.54. The minimum Gasteiger partial charge on any atom is -0.444 e. The van der Waals surface area contributed by atoms with Crippen LogP contribution in [0.25, 0.3) is 5.65 Å². The average molecular weight is 291 g/mol. The maximum absolute atomic E-state index is 11.7. The molecule has 2 N–H and O–H groups in total. The molecule has 8 nitrogen and oxygen atoms in total. The second-order valence-electron chi connectivity index (χ2n) is 5.35. The third-order valence-corrected chi connectivity index (χ3v) is 2.31. The summed E-state index contributed by atoms with van der Waals surface area (Å²) in [5, 5.41) is 9.08. The lowest BCUT2D eigenvalue weighted by Gasteiger charge is -2.19. The van der Waals surface area contributed by atoms with Crippen molar-refractivity contribution in [2.24, 2.45) is 0 Å². The number of ether oxygens (including phenoxy) is 1. The van der Waals surface area contributed by atoms with Gasteiger partial charge in [0, 0.05) is 12.4 Å². The number of hydrogen-bond donors (Lipinski definition) is 2. The molecule has 0 fully saturated rings. The zero-order chi connectivity index (χ0) is 15.5. The smallest absolute Gasteiger partial charge is 0.408 e. The van der Waals surface area contributed by atoms with Gasteiger partial charge in [-0.2, -0.15) is 0 Å². The molecule has 2 amide bonds. The highest BCUT2D eigenvalue weighted by molar-refractivity contribution is 5.93. The Morgan fingerprint density at radius 3 is 2.81 bits per heavy atom. The monoisotopic (exact) mass is 291 g/mol. The maximum atomic E-state index is 11.7. The highest BCUT2D eigenvalue weighted by atomic mass is 16.6. The number of imidazole rings is 1. The van der Waals surface area contributed by atoms with E-state index in [2.05, 4.69) is 20.7 Å². The number of amides is 2. The van der Waals surface area contributed by atoms with Gasteiger partial charge in [0.2, 0.25) is 5.91 Å². The molecule has 0 aliphatic rings. The number of fused-ring (bicyclic) bond motifs is 1. The summed E-state index contributed by atoms with van der Waals surface area (Å²) in [6.07, 6.45) is 2.64. The van der Waals surface area contributed by atoms with Gasteiger partial charge in [-0.3, -0.25) is 4.79 Å². The number of alkyl carbamates (subject to hydrolysis) is 1. The van der Waals surface area contributed by atoms with Crippen molar-refractivity contribution in [1.29, 1.82) is 0 Å². The maximum Gasteiger partial charge on any atom is 0.408 e. The number of hydrogen-bond acceptors (Lipinski definition) is 5. The fraction of sp³-hybridized carbons (Fsp3) is 0.385. The summed E-state index contributed by atoms with van der Waals surface area (Å²) in [5.41, 5.74) is 0.0778. The Balaban J connectivity index is 1.85. The Kier molecular flexibility index (Phi) is 4.06. The highest BCUT2D eigenvalue weighted by Crippen LogP contribution is 2.07. The minimum atomic E-state index is -0.643. The molecule has 0 saturated carbocycles. The third kappa shape index (κ3) is 4.44. The molecule has 0 aliphatic heterocycles. The van der Waals surface area contributed by atoms with Crippen molar-refractivity contribution in [3.8, 4) is 0 Å². The standard InChI is InChI=1S/C13H17N5O3/c1-13(2,3)21-12(20)15-8-11(19)16-9-4-5-10-14-6-7-18(10)17-9/h4-7H,8H2,1-3H3,(H,15,20)(H,16,17,19). The van der Waals surface area contributed by atoms with E-state index < -0.39 is 17.6 Å². The number of nitrogens with one attached hydrogen (secondary N) is 2. The van der Waals surface area contributed by atoms with Gasteiger partial charge in [0.05, 0.1) is 0 Å². The van der Waals surface area contributed by atoms with E-state index in [1.54, 1.807) is 45.3 Å². The van der Waals surface area contributed by atoms with E-state index in [-0.39, 0.29) is 6.54 Å². The van der Waals surface area contributed by atoms with Gasteiger partial charge in [0.25, 0.3) is 0 Å². The van der Waals surface area contributed by atoms with Crippen LogP contribution in [0.4, 0.5) is 10.6 Å². The van der Waals surface area contributed by atoms with Crippen LogP contribution in [-0.4, -0.2) is 38.7 Å². The molecule has 2 heterocycles. The first kappa shape index (κ1) is 14.8. The lowest BCUT2D eigenvalue weighted by Crippen LogP contribution is -2.37. The van der Waals surface area contributed by atoms with E-state index in [1.165, 1.54) is 4.52 Å². The van der Waals surface area contributed by atoms with Gasteiger partial charge >= 0.3 is 6.09 Å². The van der Waals surface area contributed by atoms with E-state index >= 15 is 0 Å². The minimum absolute atomic E-state index is 0.196. The lowest BCUT2D eigenvalue weighted by molar-refractivity contribution is -0.115. The van der Waals surface area contributed by atoms with E-state index in [0.717, 1.165) is 0 Å². The van der Waals surface area contributed by atoms with Crippen molar-refractivity contribution in [2.75, 3.05) is 11.9 Å². The number of anilines is 1. The first-order valence-corrected chi connectivity index (χ1v) is 6.40. The van der Waals surface area contributed by atoms with Crippen LogP contribution < -0.4 is 10.6 Å². The third-order valence-electron chi connectivity index (χ3n) is 2.31. The highest BCUT2D eigenvalue weighted by Gasteiger charge is 2.16. The topological polar surface area (TPSA) is 97.6 Å². The molecule has 0 radical (unpaired) electrons. The normalized spacial score (nSPS) is 11.2. The Labute approximate surface area is 121 Å². The largest absolute Gasteiger partial charge is 0.444 e. The summed E-state index contributed by atoms with van der Waals surface area (Å²) in [4.78, 5) is 27.2. The molecule has 2 rings (SSSR count). The van der Waals surface area contributed by atoms with E-state index in [0.29, 0.717) is 11.5 Å². The fourth-order valence-corrected chi connectivity index (χ4v) is 1.54. The van der Waals surface area contributed by atoms with Crippen LogP contribution in [0.5, 0.6) is 0 Å². The molecule has 21 heavy (non-hydrogen) atoms. The Hall–Kier alpha value is -2.64. The molecule has 2 aromatic heterocycles. The van der Waals surface area contributed by atoms with Gasteiger partial charge in [-0.15, -0.1) is 5.10 Å². The van der Waals surface area contributed by atoms with E-state index in [1.807, 2.05) is 0 Å². The molecule has 0 spiro atoms. The average Bonchev–Trinajstić information content (AvgIpc) is 2.81. The first-order chi connectivity index (χ1) is 9.83. The molecule has 8 heteroatoms. The van der Waals surface area contributed by atoms with Crippen LogP contribution in [0.1, 0.15) is 20.8 Å². The van der Waals surface area contributed by atoms with Gasteiger partial charge in [0.1, 0.15) is 12.1 Å². The quantitative estimate of drug-likeness (QED) is 0.885. The molecule has 2 aromatic rings. The van der Waals surface area contributed by atoms with Crippen LogP contribution in [-0.2, 0) is 9.53 Å². The zero-order valence-electron chi connectivity index (χ0n) is 12.1. The zero-order valence-corrected chi connectivity index (χ0v) is 12.1. The summed E-state index contributed by atoms with van der Waals surface area (Å²) in [7, 11) is 0. The number of rotatable bonds is 3. The van der Waals surface area contributed by atoms with Gasteiger partial charge in [-0.1, -0.05) is 0 Å². The van der Waals surface area contributed by atoms with Gasteiger partial charge in [-0.25, -0.2) is 14.3 Å². The van der Waals surface area contributed by atoms with E-state index in [9.17, 15) is 9.59 Å². The Morgan fingerprint density at radius 1 is 1.33 bits per heavy atom. The summed E-state index contributed by atoms with van der Waals surface area (Å²) < 4.78 is 6.57. The van der Waals surface area contributed by atoms with Crippen LogP contribution in [0, 0.1) is 0 Å². The predicted molar refractivity (Wildman–Crippen MR) is 75.9 cm³/mol. The SMILES string of the molecule is CC(C)(C)OC(=O)NCC(=O)Nc1ccc2nccn2n1. The Bertz CT molecular complexity index is 659. The molecule has 0 saturated heterocycles. The second kappa shape index (κ2) is 5.78. The van der Waals surface area contributed by atoms with Crippen molar-refractivity contribution in [3.05, 3.63) is 24.5 Å². The number of aromatic nitrogens is 3. The molecule has 112 valence electrons. The molecular weight excluding hydrogens is 274 g/mol. The van der Waals surface area contributed by atoms with Gasteiger partial charge < -0.3 is 15.4 Å².